The number of carbonyl (C=O) groups is 1. The lowest BCUT2D eigenvalue weighted by Crippen LogP contribution is -2.47. The second kappa shape index (κ2) is 6.74. The average Bonchev–Trinajstić information content (AvgIpc) is 2.84. The number of esters is 1. The van der Waals surface area contributed by atoms with Gasteiger partial charge in [0.1, 0.15) is 0 Å². The highest BCUT2D eigenvalue weighted by Gasteiger charge is 2.29. The Kier molecular flexibility index (Phi) is 5.21. The highest BCUT2D eigenvalue weighted by atomic mass is 32.2. The van der Waals surface area contributed by atoms with Gasteiger partial charge in [-0.25, -0.2) is 13.4 Å². The summed E-state index contributed by atoms with van der Waals surface area (Å²) in [5.74, 6) is 0.129. The number of hydrogen-bond acceptors (Lipinski definition) is 7. The Bertz CT molecular complexity index is 597. The van der Waals surface area contributed by atoms with Gasteiger partial charge < -0.3 is 9.64 Å². The molecule has 0 aromatic carbocycles. The van der Waals surface area contributed by atoms with E-state index in [0.29, 0.717) is 26.0 Å². The molecule has 1 aromatic rings. The van der Waals surface area contributed by atoms with Crippen LogP contribution in [-0.4, -0.2) is 50.1 Å². The van der Waals surface area contributed by atoms with Crippen LogP contribution >= 0.6 is 11.3 Å². The average molecular weight is 332 g/mol. The first-order chi connectivity index (χ1) is 9.91. The van der Waals surface area contributed by atoms with Crippen molar-refractivity contribution in [3.63, 3.8) is 0 Å². The molecule has 1 unspecified atom stereocenters. The minimum atomic E-state index is -2.92. The molecule has 0 bridgehead atoms. The summed E-state index contributed by atoms with van der Waals surface area (Å²) in [6.07, 6.45) is 0.872. The zero-order chi connectivity index (χ0) is 15.5. The van der Waals surface area contributed by atoms with Crippen LogP contribution in [0.4, 0.5) is 5.13 Å². The van der Waals surface area contributed by atoms with Crippen molar-refractivity contribution in [2.45, 2.75) is 32.7 Å². The molecular weight excluding hydrogens is 312 g/mol. The number of rotatable bonds is 5. The van der Waals surface area contributed by atoms with Gasteiger partial charge in [-0.1, -0.05) is 0 Å². The van der Waals surface area contributed by atoms with Crippen molar-refractivity contribution in [3.8, 4) is 0 Å². The predicted octanol–water partition coefficient (Wildman–Crippen LogP) is 1.26. The maximum atomic E-state index is 11.6. The van der Waals surface area contributed by atoms with E-state index in [1.165, 1.54) is 11.3 Å². The Hall–Kier alpha value is -1.15. The predicted molar refractivity (Wildman–Crippen MR) is 82.5 cm³/mol. The number of aromatic nitrogens is 1. The van der Waals surface area contributed by atoms with E-state index in [4.69, 9.17) is 4.74 Å². The Balaban J connectivity index is 1.95. The number of carbonyl (C=O) groups excluding carboxylic acids is 1. The van der Waals surface area contributed by atoms with Gasteiger partial charge in [-0.3, -0.25) is 4.79 Å². The lowest BCUT2D eigenvalue weighted by molar-refractivity contribution is -0.143. The van der Waals surface area contributed by atoms with E-state index in [2.05, 4.69) is 4.98 Å². The number of ether oxygens (including phenoxy) is 1. The highest BCUT2D eigenvalue weighted by Crippen LogP contribution is 2.26. The van der Waals surface area contributed by atoms with Gasteiger partial charge in [0.15, 0.2) is 15.0 Å². The molecule has 6 nitrogen and oxygen atoms in total. The molecule has 0 aliphatic carbocycles. The number of thiazole rings is 1. The fourth-order valence-corrected chi connectivity index (χ4v) is 4.83. The van der Waals surface area contributed by atoms with Crippen LogP contribution in [0.1, 0.15) is 26.0 Å². The Morgan fingerprint density at radius 1 is 1.57 bits per heavy atom. The molecule has 118 valence electrons. The van der Waals surface area contributed by atoms with Gasteiger partial charge in [0.25, 0.3) is 0 Å². The van der Waals surface area contributed by atoms with Crippen molar-refractivity contribution in [1.29, 1.82) is 0 Å². The summed E-state index contributed by atoms with van der Waals surface area (Å²) in [5.41, 5.74) is 0.851. The molecular formula is C13H20N2O4S2. The smallest absolute Gasteiger partial charge is 0.306 e. The molecule has 21 heavy (non-hydrogen) atoms. The third-order valence-corrected chi connectivity index (χ3v) is 6.07. The maximum Gasteiger partial charge on any atom is 0.306 e. The van der Waals surface area contributed by atoms with Gasteiger partial charge in [0.2, 0.25) is 0 Å². The van der Waals surface area contributed by atoms with E-state index in [-0.39, 0.29) is 23.5 Å². The van der Waals surface area contributed by atoms with Crippen LogP contribution in [0.3, 0.4) is 0 Å². The van der Waals surface area contributed by atoms with Crippen LogP contribution in [0, 0.1) is 0 Å². The molecule has 2 heterocycles. The molecule has 1 saturated heterocycles. The summed E-state index contributed by atoms with van der Waals surface area (Å²) >= 11 is 1.49. The first-order valence-electron chi connectivity index (χ1n) is 6.98. The van der Waals surface area contributed by atoms with Crippen molar-refractivity contribution in [2.75, 3.05) is 29.6 Å². The largest absolute Gasteiger partial charge is 0.466 e. The van der Waals surface area contributed by atoms with Crippen LogP contribution < -0.4 is 4.90 Å². The maximum absolute atomic E-state index is 11.6. The van der Waals surface area contributed by atoms with Gasteiger partial charge in [0.05, 0.1) is 30.2 Å². The lowest BCUT2D eigenvalue weighted by atomic mass is 10.2. The number of sulfone groups is 1. The van der Waals surface area contributed by atoms with Gasteiger partial charge in [-0.05, 0) is 13.8 Å². The van der Waals surface area contributed by atoms with Crippen LogP contribution in [0.2, 0.25) is 0 Å². The van der Waals surface area contributed by atoms with Crippen LogP contribution in [0.25, 0.3) is 0 Å². The molecule has 1 atom stereocenters. The molecule has 8 heteroatoms. The molecule has 0 radical (unpaired) electrons. The summed E-state index contributed by atoms with van der Waals surface area (Å²) in [4.78, 5) is 17.9. The lowest BCUT2D eigenvalue weighted by Gasteiger charge is -2.32. The van der Waals surface area contributed by atoms with Crippen LogP contribution in [0.5, 0.6) is 0 Å². The quantitative estimate of drug-likeness (QED) is 0.756. The molecule has 0 saturated carbocycles. The SMILES string of the molecule is CCOC(=O)CCc1csc(N2CCS(=O)(=O)CC2C)n1. The molecule has 0 N–H and O–H groups in total. The van der Waals surface area contributed by atoms with Crippen molar-refractivity contribution in [2.24, 2.45) is 0 Å². The second-order valence-corrected chi connectivity index (χ2v) is 8.15. The minimum Gasteiger partial charge on any atom is -0.466 e. The van der Waals surface area contributed by atoms with Crippen LogP contribution in [-0.2, 0) is 25.8 Å². The fourth-order valence-electron chi connectivity index (χ4n) is 2.29. The normalized spacial score (nSPS) is 21.2. The number of aryl methyl sites for hydroxylation is 1. The van der Waals surface area contributed by atoms with Gasteiger partial charge >= 0.3 is 5.97 Å². The molecule has 0 spiro atoms. The van der Waals surface area contributed by atoms with Crippen molar-refractivity contribution < 1.29 is 17.9 Å². The monoisotopic (exact) mass is 332 g/mol. The Morgan fingerprint density at radius 3 is 3.00 bits per heavy atom. The summed E-state index contributed by atoms with van der Waals surface area (Å²) in [5, 5.41) is 2.75. The Morgan fingerprint density at radius 2 is 2.33 bits per heavy atom. The highest BCUT2D eigenvalue weighted by molar-refractivity contribution is 7.91. The van der Waals surface area contributed by atoms with Gasteiger partial charge in [-0.15, -0.1) is 11.3 Å². The van der Waals surface area contributed by atoms with E-state index in [9.17, 15) is 13.2 Å². The summed E-state index contributed by atoms with van der Waals surface area (Å²) in [6, 6.07) is -0.0622. The molecule has 2 rings (SSSR count). The molecule has 1 fully saturated rings. The van der Waals surface area contributed by atoms with Gasteiger partial charge in [-0.2, -0.15) is 0 Å². The first-order valence-corrected chi connectivity index (χ1v) is 9.68. The fraction of sp³-hybridized carbons (Fsp3) is 0.692. The zero-order valence-electron chi connectivity index (χ0n) is 12.2. The molecule has 1 aliphatic rings. The third kappa shape index (κ3) is 4.41. The minimum absolute atomic E-state index is 0.0622. The number of anilines is 1. The number of hydrogen-bond donors (Lipinski definition) is 0. The standard InChI is InChI=1S/C13H20N2O4S2/c1-3-19-12(16)5-4-11-8-20-13(14-11)15-6-7-21(17,18)9-10(15)2/h8,10H,3-7,9H2,1-2H3. The zero-order valence-corrected chi connectivity index (χ0v) is 13.9. The topological polar surface area (TPSA) is 76.6 Å². The third-order valence-electron chi connectivity index (χ3n) is 3.35. The van der Waals surface area contributed by atoms with E-state index in [0.717, 1.165) is 10.8 Å². The van der Waals surface area contributed by atoms with Crippen molar-refractivity contribution >= 4 is 32.3 Å². The Labute approximate surface area is 129 Å². The van der Waals surface area contributed by atoms with E-state index in [1.807, 2.05) is 17.2 Å². The summed E-state index contributed by atoms with van der Waals surface area (Å²) in [7, 11) is -2.92. The van der Waals surface area contributed by atoms with Crippen LogP contribution in [0.15, 0.2) is 5.38 Å². The second-order valence-electron chi connectivity index (χ2n) is 5.08. The summed E-state index contributed by atoms with van der Waals surface area (Å²) < 4.78 is 28.1. The molecule has 0 amide bonds. The van der Waals surface area contributed by atoms with E-state index in [1.54, 1.807) is 6.92 Å². The van der Waals surface area contributed by atoms with E-state index < -0.39 is 9.84 Å². The van der Waals surface area contributed by atoms with Crippen molar-refractivity contribution in [3.05, 3.63) is 11.1 Å². The van der Waals surface area contributed by atoms with Crippen molar-refractivity contribution in [1.82, 2.24) is 4.98 Å². The molecule has 1 aromatic heterocycles. The first kappa shape index (κ1) is 16.2. The molecule has 1 aliphatic heterocycles. The summed E-state index contributed by atoms with van der Waals surface area (Å²) in [6.45, 7) is 4.55. The van der Waals surface area contributed by atoms with E-state index >= 15 is 0 Å². The van der Waals surface area contributed by atoms with Gasteiger partial charge in [0, 0.05) is 24.4 Å². The number of nitrogens with zero attached hydrogens (tertiary/aromatic N) is 2.